The van der Waals surface area contributed by atoms with E-state index < -0.39 is 12.1 Å². The molecule has 0 spiro atoms. The Balaban J connectivity index is 2.88. The minimum Gasteiger partial charge on any atom is -0.497 e. The van der Waals surface area contributed by atoms with Crippen LogP contribution < -0.4 is 20.1 Å². The lowest BCUT2D eigenvalue weighted by molar-refractivity contribution is -0.119. The standard InChI is InChI=1S/C16H24N2O5/c1-6-23-16(20)18-14(10(2)3)15(19)17-11-7-12(21-4)9-13(8-11)22-5/h7-10,14H,6H2,1-5H3,(H,17,19)(H,18,20). The number of carbonyl (C=O) groups is 2. The van der Waals surface area contributed by atoms with Crippen molar-refractivity contribution in [2.24, 2.45) is 5.92 Å². The van der Waals surface area contributed by atoms with Crippen molar-refractivity contribution in [3.05, 3.63) is 18.2 Å². The lowest BCUT2D eigenvalue weighted by atomic mass is 10.0. The van der Waals surface area contributed by atoms with Crippen LogP contribution in [-0.2, 0) is 9.53 Å². The number of hydrogen-bond donors (Lipinski definition) is 2. The van der Waals surface area contributed by atoms with Gasteiger partial charge in [0.15, 0.2) is 0 Å². The van der Waals surface area contributed by atoms with E-state index in [1.54, 1.807) is 25.1 Å². The van der Waals surface area contributed by atoms with Gasteiger partial charge in [-0.25, -0.2) is 4.79 Å². The molecule has 1 aromatic rings. The first-order valence-electron chi connectivity index (χ1n) is 7.38. The Bertz CT molecular complexity index is 523. The van der Waals surface area contributed by atoms with E-state index in [0.29, 0.717) is 17.2 Å². The van der Waals surface area contributed by atoms with Gasteiger partial charge in [0.25, 0.3) is 0 Å². The molecular formula is C16H24N2O5. The zero-order valence-electron chi connectivity index (χ0n) is 14.1. The second-order valence-corrected chi connectivity index (χ2v) is 5.18. The van der Waals surface area contributed by atoms with E-state index in [-0.39, 0.29) is 18.4 Å². The van der Waals surface area contributed by atoms with Crippen molar-refractivity contribution in [1.29, 1.82) is 0 Å². The number of methoxy groups -OCH3 is 2. The fourth-order valence-corrected chi connectivity index (χ4v) is 1.93. The minimum absolute atomic E-state index is 0.105. The number of amides is 2. The van der Waals surface area contributed by atoms with Gasteiger partial charge in [0.2, 0.25) is 5.91 Å². The highest BCUT2D eigenvalue weighted by Gasteiger charge is 2.25. The normalized spacial score (nSPS) is 11.6. The fourth-order valence-electron chi connectivity index (χ4n) is 1.93. The zero-order valence-corrected chi connectivity index (χ0v) is 14.1. The van der Waals surface area contributed by atoms with Crippen LogP contribution in [0.3, 0.4) is 0 Å². The number of benzene rings is 1. The topological polar surface area (TPSA) is 85.9 Å². The van der Waals surface area contributed by atoms with Crippen LogP contribution in [0.1, 0.15) is 20.8 Å². The third-order valence-electron chi connectivity index (χ3n) is 3.12. The molecule has 2 amide bonds. The molecule has 1 rings (SSSR count). The molecule has 0 aliphatic rings. The quantitative estimate of drug-likeness (QED) is 0.804. The first-order chi connectivity index (χ1) is 10.9. The highest BCUT2D eigenvalue weighted by molar-refractivity contribution is 5.97. The van der Waals surface area contributed by atoms with Crippen LogP contribution in [0, 0.1) is 5.92 Å². The lowest BCUT2D eigenvalue weighted by Crippen LogP contribution is -2.47. The van der Waals surface area contributed by atoms with Gasteiger partial charge in [0.1, 0.15) is 17.5 Å². The van der Waals surface area contributed by atoms with Gasteiger partial charge in [-0.2, -0.15) is 0 Å². The molecule has 1 aromatic carbocycles. The molecule has 2 N–H and O–H groups in total. The number of nitrogens with one attached hydrogen (secondary N) is 2. The summed E-state index contributed by atoms with van der Waals surface area (Å²) in [6, 6.07) is 4.32. The molecule has 1 atom stereocenters. The predicted molar refractivity (Wildman–Crippen MR) is 87.0 cm³/mol. The van der Waals surface area contributed by atoms with E-state index in [1.807, 2.05) is 13.8 Å². The monoisotopic (exact) mass is 324 g/mol. The number of carbonyl (C=O) groups excluding carboxylic acids is 2. The molecule has 1 unspecified atom stereocenters. The summed E-state index contributed by atoms with van der Waals surface area (Å²) in [5, 5.41) is 5.31. The van der Waals surface area contributed by atoms with Crippen molar-refractivity contribution in [1.82, 2.24) is 5.32 Å². The van der Waals surface area contributed by atoms with Gasteiger partial charge in [0.05, 0.1) is 20.8 Å². The molecule has 7 heteroatoms. The first kappa shape index (κ1) is 18.6. The third kappa shape index (κ3) is 5.69. The SMILES string of the molecule is CCOC(=O)NC(C(=O)Nc1cc(OC)cc(OC)c1)C(C)C. The van der Waals surface area contributed by atoms with Crippen LogP contribution in [0.4, 0.5) is 10.5 Å². The van der Waals surface area contributed by atoms with E-state index in [4.69, 9.17) is 14.2 Å². The highest BCUT2D eigenvalue weighted by Crippen LogP contribution is 2.26. The largest absolute Gasteiger partial charge is 0.497 e. The Kier molecular flexibility index (Phi) is 7.18. The lowest BCUT2D eigenvalue weighted by Gasteiger charge is -2.21. The van der Waals surface area contributed by atoms with E-state index in [2.05, 4.69) is 10.6 Å². The van der Waals surface area contributed by atoms with Crippen LogP contribution in [0.2, 0.25) is 0 Å². The number of anilines is 1. The molecule has 23 heavy (non-hydrogen) atoms. The molecule has 0 aliphatic carbocycles. The van der Waals surface area contributed by atoms with E-state index >= 15 is 0 Å². The molecule has 128 valence electrons. The first-order valence-corrected chi connectivity index (χ1v) is 7.38. The highest BCUT2D eigenvalue weighted by atomic mass is 16.5. The molecule has 7 nitrogen and oxygen atoms in total. The summed E-state index contributed by atoms with van der Waals surface area (Å²) in [7, 11) is 3.05. The average Bonchev–Trinajstić information content (AvgIpc) is 2.51. The summed E-state index contributed by atoms with van der Waals surface area (Å²) < 4.78 is 15.2. The number of alkyl carbamates (subject to hydrolysis) is 1. The van der Waals surface area contributed by atoms with Crippen LogP contribution in [0.15, 0.2) is 18.2 Å². The Morgan fingerprint density at radius 3 is 2.09 bits per heavy atom. The number of hydrogen-bond acceptors (Lipinski definition) is 5. The summed E-state index contributed by atoms with van der Waals surface area (Å²) in [4.78, 5) is 24.0. The maximum absolute atomic E-state index is 12.4. The van der Waals surface area contributed by atoms with Gasteiger partial charge in [-0.1, -0.05) is 13.8 Å². The summed E-state index contributed by atoms with van der Waals surface area (Å²) in [5.74, 6) is 0.661. The molecule has 0 radical (unpaired) electrons. The van der Waals surface area contributed by atoms with E-state index in [0.717, 1.165) is 0 Å². The summed E-state index contributed by atoms with van der Waals surface area (Å²) in [5.41, 5.74) is 0.516. The molecule has 0 fully saturated rings. The molecular weight excluding hydrogens is 300 g/mol. The van der Waals surface area contributed by atoms with E-state index in [9.17, 15) is 9.59 Å². The third-order valence-corrected chi connectivity index (χ3v) is 3.12. The summed E-state index contributed by atoms with van der Waals surface area (Å²) >= 11 is 0. The predicted octanol–water partition coefficient (Wildman–Crippen LogP) is 2.41. The molecule has 0 aliphatic heterocycles. The molecule has 0 aromatic heterocycles. The zero-order chi connectivity index (χ0) is 17.4. The van der Waals surface area contributed by atoms with Gasteiger partial charge >= 0.3 is 6.09 Å². The van der Waals surface area contributed by atoms with Crippen molar-refractivity contribution in [2.45, 2.75) is 26.8 Å². The fraction of sp³-hybridized carbons (Fsp3) is 0.500. The Morgan fingerprint density at radius 1 is 1.09 bits per heavy atom. The Morgan fingerprint density at radius 2 is 1.65 bits per heavy atom. The molecule has 0 bridgehead atoms. The van der Waals surface area contributed by atoms with Crippen molar-refractivity contribution in [2.75, 3.05) is 26.1 Å². The van der Waals surface area contributed by atoms with Crippen LogP contribution >= 0.6 is 0 Å². The van der Waals surface area contributed by atoms with Gasteiger partial charge < -0.3 is 24.8 Å². The van der Waals surface area contributed by atoms with E-state index in [1.165, 1.54) is 14.2 Å². The smallest absolute Gasteiger partial charge is 0.407 e. The average molecular weight is 324 g/mol. The molecule has 0 saturated heterocycles. The Hall–Kier alpha value is -2.44. The maximum atomic E-state index is 12.4. The van der Waals surface area contributed by atoms with Crippen molar-refractivity contribution in [3.63, 3.8) is 0 Å². The van der Waals surface area contributed by atoms with Crippen molar-refractivity contribution >= 4 is 17.7 Å². The molecule has 0 heterocycles. The Labute approximate surface area is 136 Å². The van der Waals surface area contributed by atoms with Crippen LogP contribution in [-0.4, -0.2) is 38.9 Å². The van der Waals surface area contributed by atoms with Crippen LogP contribution in [0.5, 0.6) is 11.5 Å². The summed E-state index contributed by atoms with van der Waals surface area (Å²) in [6.45, 7) is 5.61. The maximum Gasteiger partial charge on any atom is 0.407 e. The second kappa shape index (κ2) is 8.87. The second-order valence-electron chi connectivity index (χ2n) is 5.18. The van der Waals surface area contributed by atoms with Gasteiger partial charge in [-0.05, 0) is 12.8 Å². The van der Waals surface area contributed by atoms with Crippen molar-refractivity contribution in [3.8, 4) is 11.5 Å². The van der Waals surface area contributed by atoms with Crippen LogP contribution in [0.25, 0.3) is 0 Å². The minimum atomic E-state index is -0.716. The van der Waals surface area contributed by atoms with Crippen molar-refractivity contribution < 1.29 is 23.8 Å². The van der Waals surface area contributed by atoms with Gasteiger partial charge in [0, 0.05) is 23.9 Å². The molecule has 0 saturated carbocycles. The van der Waals surface area contributed by atoms with Gasteiger partial charge in [-0.3, -0.25) is 4.79 Å². The number of rotatable bonds is 7. The van der Waals surface area contributed by atoms with Gasteiger partial charge in [-0.15, -0.1) is 0 Å². The number of ether oxygens (including phenoxy) is 3. The summed E-state index contributed by atoms with van der Waals surface area (Å²) in [6.07, 6.45) is -0.621.